The van der Waals surface area contributed by atoms with Crippen LogP contribution in [0.3, 0.4) is 0 Å². The molecule has 106 valence electrons. The van der Waals surface area contributed by atoms with Gasteiger partial charge in [0, 0.05) is 6.42 Å². The van der Waals surface area contributed by atoms with Gasteiger partial charge in [-0.05, 0) is 23.6 Å². The molecule has 1 aromatic rings. The van der Waals surface area contributed by atoms with Gasteiger partial charge in [0.25, 0.3) is 0 Å². The number of hydrogen-bond donors (Lipinski definition) is 0. The van der Waals surface area contributed by atoms with E-state index in [1.807, 2.05) is 0 Å². The van der Waals surface area contributed by atoms with Crippen molar-refractivity contribution in [2.75, 3.05) is 6.61 Å². The minimum Gasteiger partial charge on any atom is -0.493 e. The van der Waals surface area contributed by atoms with Crippen LogP contribution in [0.4, 0.5) is 0 Å². The monoisotopic (exact) mass is 280 g/mol. The van der Waals surface area contributed by atoms with Gasteiger partial charge in [-0.25, -0.2) is 0 Å². The summed E-state index contributed by atoms with van der Waals surface area (Å²) in [7, 11) is 0. The third-order valence-electron chi connectivity index (χ3n) is 3.89. The average molecular weight is 281 g/mol. The van der Waals surface area contributed by atoms with Gasteiger partial charge in [-0.1, -0.05) is 57.6 Å². The van der Waals surface area contributed by atoms with Crippen LogP contribution in [0.15, 0.2) is 18.2 Å². The number of halogens is 1. The largest absolute Gasteiger partial charge is 0.493 e. The molecule has 0 spiro atoms. The number of benzene rings is 1. The maximum Gasteiger partial charge on any atom is 0.122 e. The normalized spacial score (nSPS) is 15.1. The SMILES string of the molecule is CCCCCCCCC(Cl)c1ccc2c(c1)CCO2. The van der Waals surface area contributed by atoms with Gasteiger partial charge in [0.05, 0.1) is 12.0 Å². The Hall–Kier alpha value is -0.690. The Balaban J connectivity index is 1.72. The maximum atomic E-state index is 6.51. The summed E-state index contributed by atoms with van der Waals surface area (Å²) in [5.41, 5.74) is 2.59. The van der Waals surface area contributed by atoms with Crippen LogP contribution in [0.2, 0.25) is 0 Å². The highest BCUT2D eigenvalue weighted by atomic mass is 35.5. The summed E-state index contributed by atoms with van der Waals surface area (Å²) >= 11 is 6.51. The first-order valence-electron chi connectivity index (χ1n) is 7.71. The third kappa shape index (κ3) is 4.42. The van der Waals surface area contributed by atoms with Crippen LogP contribution in [0.1, 0.15) is 68.4 Å². The van der Waals surface area contributed by atoms with E-state index in [2.05, 4.69) is 25.1 Å². The van der Waals surface area contributed by atoms with Crippen LogP contribution >= 0.6 is 11.6 Å². The summed E-state index contributed by atoms with van der Waals surface area (Å²) in [6.07, 6.45) is 10.1. The third-order valence-corrected chi connectivity index (χ3v) is 4.36. The molecule has 0 radical (unpaired) electrons. The van der Waals surface area contributed by atoms with Gasteiger partial charge in [0.2, 0.25) is 0 Å². The number of ether oxygens (including phenoxy) is 1. The van der Waals surface area contributed by atoms with Gasteiger partial charge in [-0.15, -0.1) is 11.6 Å². The van der Waals surface area contributed by atoms with Crippen LogP contribution in [-0.4, -0.2) is 6.61 Å². The summed E-state index contributed by atoms with van der Waals surface area (Å²) in [4.78, 5) is 0. The molecular formula is C17H25ClO. The predicted molar refractivity (Wildman–Crippen MR) is 82.2 cm³/mol. The van der Waals surface area contributed by atoms with E-state index in [0.29, 0.717) is 0 Å². The summed E-state index contributed by atoms with van der Waals surface area (Å²) < 4.78 is 5.53. The van der Waals surface area contributed by atoms with Gasteiger partial charge < -0.3 is 4.74 Å². The predicted octanol–water partition coefficient (Wildman–Crippen LogP) is 5.65. The Bertz CT molecular complexity index is 389. The van der Waals surface area contributed by atoms with E-state index in [9.17, 15) is 0 Å². The van der Waals surface area contributed by atoms with Crippen molar-refractivity contribution in [2.45, 2.75) is 63.7 Å². The lowest BCUT2D eigenvalue weighted by molar-refractivity contribution is 0.357. The fourth-order valence-electron chi connectivity index (χ4n) is 2.67. The number of fused-ring (bicyclic) bond motifs is 1. The second-order valence-corrected chi connectivity index (χ2v) is 6.02. The molecule has 0 saturated heterocycles. The van der Waals surface area contributed by atoms with Crippen molar-refractivity contribution in [1.29, 1.82) is 0 Å². The molecule has 1 aromatic carbocycles. The van der Waals surface area contributed by atoms with Gasteiger partial charge in [-0.3, -0.25) is 0 Å². The number of unbranched alkanes of at least 4 members (excludes halogenated alkanes) is 5. The zero-order valence-electron chi connectivity index (χ0n) is 12.0. The second-order valence-electron chi connectivity index (χ2n) is 5.49. The van der Waals surface area contributed by atoms with Crippen LogP contribution in [0, 0.1) is 0 Å². The number of hydrogen-bond acceptors (Lipinski definition) is 1. The number of alkyl halides is 1. The van der Waals surface area contributed by atoms with Crippen LogP contribution < -0.4 is 4.74 Å². The van der Waals surface area contributed by atoms with Crippen molar-refractivity contribution < 1.29 is 4.74 Å². The first-order chi connectivity index (χ1) is 9.31. The quantitative estimate of drug-likeness (QED) is 0.441. The van der Waals surface area contributed by atoms with E-state index in [0.717, 1.165) is 25.2 Å². The fourth-order valence-corrected chi connectivity index (χ4v) is 2.96. The lowest BCUT2D eigenvalue weighted by Crippen LogP contribution is -1.92. The Kier molecular flexibility index (Phi) is 6.03. The molecule has 0 saturated carbocycles. The van der Waals surface area contributed by atoms with Crippen molar-refractivity contribution in [3.8, 4) is 5.75 Å². The molecule has 2 rings (SSSR count). The molecule has 0 aliphatic carbocycles. The average Bonchev–Trinajstić information content (AvgIpc) is 2.89. The van der Waals surface area contributed by atoms with E-state index in [-0.39, 0.29) is 5.38 Å². The smallest absolute Gasteiger partial charge is 0.122 e. The van der Waals surface area contributed by atoms with Crippen molar-refractivity contribution >= 4 is 11.6 Å². The maximum absolute atomic E-state index is 6.51. The topological polar surface area (TPSA) is 9.23 Å². The van der Waals surface area contributed by atoms with Crippen molar-refractivity contribution in [3.63, 3.8) is 0 Å². The van der Waals surface area contributed by atoms with E-state index in [4.69, 9.17) is 16.3 Å². The standard InChI is InChI=1S/C17H25ClO/c1-2-3-4-5-6-7-8-16(18)14-9-10-17-15(13-14)11-12-19-17/h9-10,13,16H,2-8,11-12H2,1H3. The van der Waals surface area contributed by atoms with Gasteiger partial charge in [-0.2, -0.15) is 0 Å². The van der Waals surface area contributed by atoms with E-state index < -0.39 is 0 Å². The first kappa shape index (κ1) is 14.7. The lowest BCUT2D eigenvalue weighted by Gasteiger charge is -2.11. The molecule has 0 aromatic heterocycles. The van der Waals surface area contributed by atoms with E-state index in [1.165, 1.54) is 49.7 Å². The van der Waals surface area contributed by atoms with Gasteiger partial charge in [0.15, 0.2) is 0 Å². The van der Waals surface area contributed by atoms with Crippen LogP contribution in [0.25, 0.3) is 0 Å². The van der Waals surface area contributed by atoms with Crippen LogP contribution in [0.5, 0.6) is 5.75 Å². The molecule has 1 nitrogen and oxygen atoms in total. The number of rotatable bonds is 8. The molecule has 2 heteroatoms. The molecule has 1 unspecified atom stereocenters. The highest BCUT2D eigenvalue weighted by molar-refractivity contribution is 6.20. The van der Waals surface area contributed by atoms with Crippen molar-refractivity contribution in [3.05, 3.63) is 29.3 Å². The molecule has 19 heavy (non-hydrogen) atoms. The Labute approximate surface area is 122 Å². The highest BCUT2D eigenvalue weighted by Gasteiger charge is 2.15. The molecule has 0 N–H and O–H groups in total. The van der Waals surface area contributed by atoms with Gasteiger partial charge in [0.1, 0.15) is 5.75 Å². The Morgan fingerprint density at radius 2 is 1.95 bits per heavy atom. The summed E-state index contributed by atoms with van der Waals surface area (Å²) in [5.74, 6) is 1.05. The minimum atomic E-state index is 0.164. The molecule has 0 bridgehead atoms. The molecular weight excluding hydrogens is 256 g/mol. The Morgan fingerprint density at radius 1 is 1.16 bits per heavy atom. The zero-order chi connectivity index (χ0) is 13.5. The van der Waals surface area contributed by atoms with Crippen molar-refractivity contribution in [2.24, 2.45) is 0 Å². The summed E-state index contributed by atoms with van der Waals surface area (Å²) in [6.45, 7) is 3.08. The first-order valence-corrected chi connectivity index (χ1v) is 8.14. The molecule has 1 aliphatic heterocycles. The van der Waals surface area contributed by atoms with Crippen molar-refractivity contribution in [1.82, 2.24) is 0 Å². The fraction of sp³-hybridized carbons (Fsp3) is 0.647. The van der Waals surface area contributed by atoms with E-state index >= 15 is 0 Å². The zero-order valence-corrected chi connectivity index (χ0v) is 12.7. The van der Waals surface area contributed by atoms with Crippen LogP contribution in [-0.2, 0) is 6.42 Å². The second kappa shape index (κ2) is 7.79. The Morgan fingerprint density at radius 3 is 2.79 bits per heavy atom. The molecule has 1 atom stereocenters. The molecule has 1 aliphatic rings. The minimum absolute atomic E-state index is 0.164. The summed E-state index contributed by atoms with van der Waals surface area (Å²) in [6, 6.07) is 6.43. The lowest BCUT2D eigenvalue weighted by atomic mass is 10.0. The van der Waals surface area contributed by atoms with Gasteiger partial charge >= 0.3 is 0 Å². The molecule has 0 fully saturated rings. The van der Waals surface area contributed by atoms with E-state index in [1.54, 1.807) is 0 Å². The molecule has 1 heterocycles. The molecule has 0 amide bonds. The highest BCUT2D eigenvalue weighted by Crippen LogP contribution is 2.32. The summed E-state index contributed by atoms with van der Waals surface area (Å²) in [5, 5.41) is 0.164.